The first kappa shape index (κ1) is 23.6. The maximum Gasteiger partial charge on any atom is 0.138 e. The summed E-state index contributed by atoms with van der Waals surface area (Å²) in [6, 6.07) is 8.55. The van der Waals surface area contributed by atoms with Gasteiger partial charge in [-0.05, 0) is 48.3 Å². The van der Waals surface area contributed by atoms with Gasteiger partial charge in [0, 0.05) is 24.4 Å². The van der Waals surface area contributed by atoms with Gasteiger partial charge in [-0.15, -0.1) is 6.58 Å². The first-order valence-electron chi connectivity index (χ1n) is 11.3. The normalized spacial score (nSPS) is 16.4. The number of rotatable bonds is 11. The summed E-state index contributed by atoms with van der Waals surface area (Å²) in [5.74, 6) is 0.926. The number of benzene rings is 1. The molecule has 1 aromatic rings. The van der Waals surface area contributed by atoms with E-state index in [9.17, 15) is 4.79 Å². The standard InChI is InChI=1S/C27H40O2/c1-6-7-13-18-29-20-23(19-26(28)27(3,4)5)25-17-12-11-16-24(25)21(2)22-14-9-8-10-15-22/h6,11-12,16-17,22-23H,1-2,7-10,13-15,18-20H2,3-5H3. The smallest absolute Gasteiger partial charge is 0.138 e. The second-order valence-corrected chi connectivity index (χ2v) is 9.53. The monoisotopic (exact) mass is 396 g/mol. The van der Waals surface area contributed by atoms with Gasteiger partial charge < -0.3 is 4.74 Å². The van der Waals surface area contributed by atoms with Crippen LogP contribution in [0.15, 0.2) is 43.5 Å². The van der Waals surface area contributed by atoms with Crippen molar-refractivity contribution in [1.29, 1.82) is 0 Å². The van der Waals surface area contributed by atoms with Crippen LogP contribution < -0.4 is 0 Å². The third kappa shape index (κ3) is 7.26. The molecule has 1 aliphatic carbocycles. The van der Waals surface area contributed by atoms with Crippen LogP contribution in [0.3, 0.4) is 0 Å². The maximum absolute atomic E-state index is 12.9. The van der Waals surface area contributed by atoms with Crippen molar-refractivity contribution >= 4 is 11.4 Å². The highest BCUT2D eigenvalue weighted by Gasteiger charge is 2.28. The summed E-state index contributed by atoms with van der Waals surface area (Å²) in [6.45, 7) is 15.6. The van der Waals surface area contributed by atoms with Gasteiger partial charge in [-0.1, -0.05) is 77.0 Å². The van der Waals surface area contributed by atoms with Crippen LogP contribution in [-0.2, 0) is 9.53 Å². The molecule has 0 bridgehead atoms. The Morgan fingerprint density at radius 2 is 1.90 bits per heavy atom. The molecular formula is C27H40O2. The number of unbranched alkanes of at least 4 members (excludes halogenated alkanes) is 1. The number of Topliss-reactive ketones (excluding diaryl/α,β-unsaturated/α-hetero) is 1. The Morgan fingerprint density at radius 1 is 1.21 bits per heavy atom. The van der Waals surface area contributed by atoms with Crippen LogP contribution in [0.5, 0.6) is 0 Å². The summed E-state index contributed by atoms with van der Waals surface area (Å²) in [5.41, 5.74) is 3.38. The van der Waals surface area contributed by atoms with Gasteiger partial charge in [0.1, 0.15) is 5.78 Å². The molecule has 1 atom stereocenters. The van der Waals surface area contributed by atoms with E-state index in [0.717, 1.165) is 12.8 Å². The molecule has 2 rings (SSSR count). The van der Waals surface area contributed by atoms with Crippen LogP contribution >= 0.6 is 0 Å². The average Bonchev–Trinajstić information content (AvgIpc) is 2.72. The highest BCUT2D eigenvalue weighted by atomic mass is 16.5. The van der Waals surface area contributed by atoms with Gasteiger partial charge in [-0.25, -0.2) is 0 Å². The lowest BCUT2D eigenvalue weighted by Gasteiger charge is -2.28. The minimum absolute atomic E-state index is 0.0713. The molecule has 0 amide bonds. The Balaban J connectivity index is 2.22. The topological polar surface area (TPSA) is 26.3 Å². The Morgan fingerprint density at radius 3 is 2.55 bits per heavy atom. The number of carbonyl (C=O) groups is 1. The average molecular weight is 397 g/mol. The molecule has 0 N–H and O–H groups in total. The summed E-state index contributed by atoms with van der Waals surface area (Å²) in [4.78, 5) is 12.9. The van der Waals surface area contributed by atoms with Crippen LogP contribution in [-0.4, -0.2) is 19.0 Å². The van der Waals surface area contributed by atoms with Crippen molar-refractivity contribution in [1.82, 2.24) is 0 Å². The zero-order valence-corrected chi connectivity index (χ0v) is 18.8. The van der Waals surface area contributed by atoms with E-state index >= 15 is 0 Å². The molecule has 0 aromatic heterocycles. The molecule has 29 heavy (non-hydrogen) atoms. The third-order valence-corrected chi connectivity index (χ3v) is 6.13. The predicted molar refractivity (Wildman–Crippen MR) is 124 cm³/mol. The van der Waals surface area contributed by atoms with Crippen LogP contribution in [0, 0.1) is 11.3 Å². The molecule has 1 saturated carbocycles. The molecule has 1 aliphatic rings. The van der Waals surface area contributed by atoms with Crippen LogP contribution in [0.1, 0.15) is 89.2 Å². The van der Waals surface area contributed by atoms with E-state index in [0.29, 0.717) is 25.6 Å². The highest BCUT2D eigenvalue weighted by molar-refractivity contribution is 5.84. The first-order valence-corrected chi connectivity index (χ1v) is 11.3. The van der Waals surface area contributed by atoms with E-state index in [1.165, 1.54) is 48.8 Å². The fourth-order valence-corrected chi connectivity index (χ4v) is 4.16. The fourth-order valence-electron chi connectivity index (χ4n) is 4.16. The van der Waals surface area contributed by atoms with Crippen molar-refractivity contribution in [2.24, 2.45) is 11.3 Å². The molecule has 0 spiro atoms. The van der Waals surface area contributed by atoms with Gasteiger partial charge in [0.05, 0.1) is 6.61 Å². The van der Waals surface area contributed by atoms with Crippen molar-refractivity contribution < 1.29 is 9.53 Å². The lowest BCUT2D eigenvalue weighted by Crippen LogP contribution is -2.25. The number of hydrogen-bond donors (Lipinski definition) is 0. The van der Waals surface area contributed by atoms with E-state index in [1.807, 2.05) is 26.8 Å². The van der Waals surface area contributed by atoms with Crippen LogP contribution in [0.4, 0.5) is 0 Å². The predicted octanol–water partition coefficient (Wildman–Crippen LogP) is 7.35. The number of hydrogen-bond acceptors (Lipinski definition) is 2. The number of allylic oxidation sites excluding steroid dienone is 2. The second-order valence-electron chi connectivity index (χ2n) is 9.53. The summed E-state index contributed by atoms with van der Waals surface area (Å²) < 4.78 is 6.02. The van der Waals surface area contributed by atoms with E-state index < -0.39 is 0 Å². The maximum atomic E-state index is 12.9. The SMILES string of the molecule is C=CCCCOCC(CC(=O)C(C)(C)C)c1ccccc1C(=C)C1CCCCC1. The lowest BCUT2D eigenvalue weighted by molar-refractivity contribution is -0.127. The van der Waals surface area contributed by atoms with Crippen molar-refractivity contribution in [2.75, 3.05) is 13.2 Å². The Hall–Kier alpha value is -1.67. The molecule has 160 valence electrons. The molecule has 0 radical (unpaired) electrons. The van der Waals surface area contributed by atoms with Gasteiger partial charge >= 0.3 is 0 Å². The van der Waals surface area contributed by atoms with Gasteiger partial charge in [0.15, 0.2) is 0 Å². The fraction of sp³-hybridized carbons (Fsp3) is 0.593. The van der Waals surface area contributed by atoms with E-state index in [4.69, 9.17) is 4.74 Å². The largest absolute Gasteiger partial charge is 0.381 e. The first-order chi connectivity index (χ1) is 13.8. The van der Waals surface area contributed by atoms with Crippen molar-refractivity contribution in [3.63, 3.8) is 0 Å². The third-order valence-electron chi connectivity index (χ3n) is 6.13. The second kappa shape index (κ2) is 11.5. The van der Waals surface area contributed by atoms with Crippen LogP contribution in [0.25, 0.3) is 5.57 Å². The van der Waals surface area contributed by atoms with Crippen LogP contribution in [0.2, 0.25) is 0 Å². The molecule has 0 saturated heterocycles. The van der Waals surface area contributed by atoms with Gasteiger partial charge in [0.2, 0.25) is 0 Å². The van der Waals surface area contributed by atoms with Gasteiger partial charge in [-0.2, -0.15) is 0 Å². The number of ketones is 1. The molecule has 2 nitrogen and oxygen atoms in total. The number of carbonyl (C=O) groups excluding carboxylic acids is 1. The van der Waals surface area contributed by atoms with Gasteiger partial charge in [0.25, 0.3) is 0 Å². The van der Waals surface area contributed by atoms with Crippen molar-refractivity contribution in [3.8, 4) is 0 Å². The molecule has 1 unspecified atom stereocenters. The van der Waals surface area contributed by atoms with Gasteiger partial charge in [-0.3, -0.25) is 4.79 Å². The summed E-state index contributed by atoms with van der Waals surface area (Å²) in [6.07, 6.45) is 10.8. The minimum atomic E-state index is -0.337. The highest BCUT2D eigenvalue weighted by Crippen LogP contribution is 2.38. The summed E-state index contributed by atoms with van der Waals surface area (Å²) in [7, 11) is 0. The van der Waals surface area contributed by atoms with E-state index in [2.05, 4.69) is 37.4 Å². The molecule has 2 heteroatoms. The molecular weight excluding hydrogens is 356 g/mol. The zero-order chi connectivity index (χ0) is 21.3. The number of ether oxygens (including phenoxy) is 1. The summed E-state index contributed by atoms with van der Waals surface area (Å²) in [5, 5.41) is 0. The van der Waals surface area contributed by atoms with Crippen molar-refractivity contribution in [2.45, 2.75) is 78.1 Å². The quantitative estimate of drug-likeness (QED) is 0.289. The Labute approximate surface area is 178 Å². The van der Waals surface area contributed by atoms with E-state index in [1.54, 1.807) is 0 Å². The molecule has 0 aliphatic heterocycles. The Bertz CT molecular complexity index is 674. The molecule has 1 aromatic carbocycles. The zero-order valence-electron chi connectivity index (χ0n) is 18.8. The van der Waals surface area contributed by atoms with E-state index in [-0.39, 0.29) is 17.1 Å². The molecule has 0 heterocycles. The summed E-state index contributed by atoms with van der Waals surface area (Å²) >= 11 is 0. The lowest BCUT2D eigenvalue weighted by atomic mass is 9.77. The Kier molecular flexibility index (Phi) is 9.36. The van der Waals surface area contributed by atoms with Crippen molar-refractivity contribution in [3.05, 3.63) is 54.6 Å². The minimum Gasteiger partial charge on any atom is -0.381 e. The molecule has 1 fully saturated rings.